The SMILES string of the molecule is CCCCN1C(=O)C[C@@H](C(=O)OCc2cc(=O)n3nc(CC)sc3n2)[C@@H]1c1ccc(OC)cc1. The number of hydrogen-bond donors (Lipinski definition) is 0. The average Bonchev–Trinajstić information content (AvgIpc) is 3.42. The van der Waals surface area contributed by atoms with E-state index in [9.17, 15) is 14.4 Å². The number of carbonyl (C=O) groups excluding carboxylic acids is 2. The number of likely N-dealkylation sites (tertiary alicyclic amines) is 1. The molecule has 1 aliphatic heterocycles. The molecule has 10 heteroatoms. The Labute approximate surface area is 201 Å². The number of nitrogens with zero attached hydrogens (tertiary/aromatic N) is 4. The second-order valence-corrected chi connectivity index (χ2v) is 9.25. The van der Waals surface area contributed by atoms with E-state index < -0.39 is 17.9 Å². The largest absolute Gasteiger partial charge is 0.497 e. The third-order valence-corrected chi connectivity index (χ3v) is 7.00. The Balaban J connectivity index is 1.54. The highest BCUT2D eigenvalue weighted by Gasteiger charge is 2.45. The van der Waals surface area contributed by atoms with Gasteiger partial charge >= 0.3 is 5.97 Å². The van der Waals surface area contributed by atoms with Crippen LogP contribution < -0.4 is 10.3 Å². The minimum absolute atomic E-state index is 0.0641. The van der Waals surface area contributed by atoms with Gasteiger partial charge in [0.2, 0.25) is 10.9 Å². The molecule has 1 aliphatic rings. The molecule has 3 aromatic rings. The number of methoxy groups -OCH3 is 1. The molecular weight excluding hydrogens is 456 g/mol. The van der Waals surface area contributed by atoms with E-state index in [1.54, 1.807) is 12.0 Å². The summed E-state index contributed by atoms with van der Waals surface area (Å²) in [6.07, 6.45) is 2.58. The lowest BCUT2D eigenvalue weighted by Crippen LogP contribution is -2.32. The van der Waals surface area contributed by atoms with Crippen molar-refractivity contribution in [1.29, 1.82) is 0 Å². The molecule has 0 spiro atoms. The molecule has 0 aliphatic carbocycles. The van der Waals surface area contributed by atoms with Crippen LogP contribution in [-0.2, 0) is 27.4 Å². The lowest BCUT2D eigenvalue weighted by molar-refractivity contribution is -0.151. The van der Waals surface area contributed by atoms with Gasteiger partial charge in [0.25, 0.3) is 5.56 Å². The highest BCUT2D eigenvalue weighted by molar-refractivity contribution is 7.16. The normalized spacial score (nSPS) is 18.0. The van der Waals surface area contributed by atoms with E-state index >= 15 is 0 Å². The van der Waals surface area contributed by atoms with Crippen molar-refractivity contribution in [2.24, 2.45) is 5.92 Å². The predicted molar refractivity (Wildman–Crippen MR) is 127 cm³/mol. The van der Waals surface area contributed by atoms with E-state index in [-0.39, 0.29) is 24.5 Å². The standard InChI is InChI=1S/C24H28N4O5S/c1-4-6-11-27-20(29)13-18(22(27)15-7-9-17(32-3)10-8-15)23(31)33-14-16-12-21(30)28-24(25-16)34-19(5-2)26-28/h7-10,12,18,22H,4-6,11,13-14H2,1-3H3/t18-,22+/m1/s1. The Hall–Kier alpha value is -3.27. The zero-order valence-corrected chi connectivity index (χ0v) is 20.3. The smallest absolute Gasteiger partial charge is 0.312 e. The zero-order valence-electron chi connectivity index (χ0n) is 19.5. The number of carbonyl (C=O) groups is 2. The maximum Gasteiger partial charge on any atom is 0.312 e. The number of aromatic nitrogens is 3. The van der Waals surface area contributed by atoms with Crippen LogP contribution in [-0.4, -0.2) is 45.0 Å². The first kappa shape index (κ1) is 23.9. The second-order valence-electron chi connectivity index (χ2n) is 8.21. The van der Waals surface area contributed by atoms with Crippen molar-refractivity contribution in [3.05, 3.63) is 57.0 Å². The van der Waals surface area contributed by atoms with Gasteiger partial charge in [-0.2, -0.15) is 9.61 Å². The Kier molecular flexibility index (Phi) is 7.26. The van der Waals surface area contributed by atoms with Gasteiger partial charge in [0.05, 0.1) is 24.8 Å². The number of aryl methyl sites for hydroxylation is 1. The monoisotopic (exact) mass is 484 g/mol. The van der Waals surface area contributed by atoms with E-state index in [4.69, 9.17) is 9.47 Å². The third-order valence-electron chi connectivity index (χ3n) is 5.95. The van der Waals surface area contributed by atoms with Crippen LogP contribution in [0.4, 0.5) is 0 Å². The first-order valence-electron chi connectivity index (χ1n) is 11.4. The van der Waals surface area contributed by atoms with Crippen LogP contribution in [0.3, 0.4) is 0 Å². The van der Waals surface area contributed by atoms with Crippen molar-refractivity contribution in [3.8, 4) is 5.75 Å². The van der Waals surface area contributed by atoms with E-state index in [1.165, 1.54) is 21.9 Å². The number of amides is 1. The number of unbranched alkanes of at least 4 members (excludes halogenated alkanes) is 1. The first-order chi connectivity index (χ1) is 16.4. The molecule has 0 radical (unpaired) electrons. The Morgan fingerprint density at radius 1 is 1.21 bits per heavy atom. The van der Waals surface area contributed by atoms with E-state index in [0.717, 1.165) is 23.4 Å². The number of ether oxygens (including phenoxy) is 2. The summed E-state index contributed by atoms with van der Waals surface area (Å²) in [6.45, 7) is 4.46. The maximum atomic E-state index is 13.1. The number of hydrogen-bond acceptors (Lipinski definition) is 8. The molecule has 0 unspecified atom stereocenters. The summed E-state index contributed by atoms with van der Waals surface area (Å²) in [5, 5.41) is 5.03. The van der Waals surface area contributed by atoms with Crippen LogP contribution in [0.25, 0.3) is 4.96 Å². The summed E-state index contributed by atoms with van der Waals surface area (Å²) >= 11 is 1.33. The van der Waals surface area contributed by atoms with Crippen LogP contribution >= 0.6 is 11.3 Å². The van der Waals surface area contributed by atoms with Crippen LogP contribution in [0, 0.1) is 5.92 Å². The molecule has 3 heterocycles. The molecule has 0 N–H and O–H groups in total. The van der Waals surface area contributed by atoms with Crippen molar-refractivity contribution in [2.45, 2.75) is 52.2 Å². The highest BCUT2D eigenvalue weighted by Crippen LogP contribution is 2.39. The summed E-state index contributed by atoms with van der Waals surface area (Å²) in [4.78, 5) is 45.0. The quantitative estimate of drug-likeness (QED) is 0.430. The molecule has 1 fully saturated rings. The van der Waals surface area contributed by atoms with Gasteiger partial charge in [-0.1, -0.05) is 43.7 Å². The Morgan fingerprint density at radius 2 is 1.97 bits per heavy atom. The van der Waals surface area contributed by atoms with Crippen LogP contribution in [0.15, 0.2) is 35.1 Å². The van der Waals surface area contributed by atoms with Gasteiger partial charge in [-0.25, -0.2) is 4.98 Å². The number of esters is 1. The summed E-state index contributed by atoms with van der Waals surface area (Å²) in [5.41, 5.74) is 0.905. The van der Waals surface area contributed by atoms with Crippen LogP contribution in [0.2, 0.25) is 0 Å². The zero-order chi connectivity index (χ0) is 24.2. The van der Waals surface area contributed by atoms with Crippen molar-refractivity contribution in [3.63, 3.8) is 0 Å². The molecular formula is C24H28N4O5S. The summed E-state index contributed by atoms with van der Waals surface area (Å²) in [5.74, 6) is -0.480. The Morgan fingerprint density at radius 3 is 2.65 bits per heavy atom. The van der Waals surface area contributed by atoms with Crippen molar-refractivity contribution in [1.82, 2.24) is 19.5 Å². The van der Waals surface area contributed by atoms with Crippen molar-refractivity contribution < 1.29 is 19.1 Å². The molecule has 2 atom stereocenters. The van der Waals surface area contributed by atoms with E-state index in [1.807, 2.05) is 31.2 Å². The first-order valence-corrected chi connectivity index (χ1v) is 12.3. The van der Waals surface area contributed by atoms with E-state index in [2.05, 4.69) is 17.0 Å². The number of benzene rings is 1. The fraction of sp³-hybridized carbons (Fsp3) is 0.458. The van der Waals surface area contributed by atoms with Gasteiger partial charge in [0.15, 0.2) is 0 Å². The maximum absolute atomic E-state index is 13.1. The average molecular weight is 485 g/mol. The van der Waals surface area contributed by atoms with Gasteiger partial charge in [-0.15, -0.1) is 0 Å². The van der Waals surface area contributed by atoms with E-state index in [0.29, 0.717) is 29.4 Å². The van der Waals surface area contributed by atoms with Gasteiger partial charge in [-0.3, -0.25) is 14.4 Å². The third kappa shape index (κ3) is 4.82. The molecule has 1 amide bonds. The van der Waals surface area contributed by atoms with Gasteiger partial charge in [0.1, 0.15) is 17.4 Å². The molecule has 4 rings (SSSR count). The van der Waals surface area contributed by atoms with Crippen molar-refractivity contribution in [2.75, 3.05) is 13.7 Å². The van der Waals surface area contributed by atoms with Gasteiger partial charge < -0.3 is 14.4 Å². The number of fused-ring (bicyclic) bond motifs is 1. The fourth-order valence-corrected chi connectivity index (χ4v) is 5.03. The summed E-state index contributed by atoms with van der Waals surface area (Å²) < 4.78 is 12.1. The molecule has 2 aromatic heterocycles. The molecule has 180 valence electrons. The fourth-order valence-electron chi connectivity index (χ4n) is 4.17. The summed E-state index contributed by atoms with van der Waals surface area (Å²) in [7, 11) is 1.59. The molecule has 0 bridgehead atoms. The minimum Gasteiger partial charge on any atom is -0.497 e. The topological polar surface area (TPSA) is 103 Å². The molecule has 34 heavy (non-hydrogen) atoms. The predicted octanol–water partition coefficient (Wildman–Crippen LogP) is 3.16. The summed E-state index contributed by atoms with van der Waals surface area (Å²) in [6, 6.07) is 8.33. The highest BCUT2D eigenvalue weighted by atomic mass is 32.1. The molecule has 1 saturated heterocycles. The molecule has 9 nitrogen and oxygen atoms in total. The van der Waals surface area contributed by atoms with Gasteiger partial charge in [0, 0.05) is 19.0 Å². The van der Waals surface area contributed by atoms with Crippen LogP contribution in [0.5, 0.6) is 5.75 Å². The Bertz CT molecular complexity index is 1240. The lowest BCUT2D eigenvalue weighted by atomic mass is 9.93. The van der Waals surface area contributed by atoms with Crippen molar-refractivity contribution >= 4 is 28.2 Å². The molecule has 1 aromatic carbocycles. The minimum atomic E-state index is -0.641. The van der Waals surface area contributed by atoms with Gasteiger partial charge in [-0.05, 0) is 30.5 Å². The second kappa shape index (κ2) is 10.3. The van der Waals surface area contributed by atoms with Crippen LogP contribution in [0.1, 0.15) is 55.4 Å². The number of rotatable bonds is 9. The lowest BCUT2D eigenvalue weighted by Gasteiger charge is -2.28. The molecule has 0 saturated carbocycles.